The molecule has 1 aromatic heterocycles. The molecule has 1 amide bonds. The van der Waals surface area contributed by atoms with E-state index in [1.54, 1.807) is 12.1 Å². The van der Waals surface area contributed by atoms with Gasteiger partial charge >= 0.3 is 0 Å². The lowest BCUT2D eigenvalue weighted by Gasteiger charge is -2.39. The summed E-state index contributed by atoms with van der Waals surface area (Å²) in [5.74, 6) is 0.887. The van der Waals surface area contributed by atoms with Gasteiger partial charge in [0.15, 0.2) is 0 Å². The van der Waals surface area contributed by atoms with Crippen molar-refractivity contribution in [2.24, 2.45) is 0 Å². The Morgan fingerprint density at radius 3 is 2.38 bits per heavy atom. The van der Waals surface area contributed by atoms with Gasteiger partial charge in [0.1, 0.15) is 5.82 Å². The van der Waals surface area contributed by atoms with E-state index in [0.717, 1.165) is 37.3 Å². The Bertz CT molecular complexity index is 1020. The maximum absolute atomic E-state index is 13.0. The molecule has 0 radical (unpaired) electrons. The maximum Gasteiger partial charge on any atom is 0.244 e. The Morgan fingerprint density at radius 2 is 1.69 bits per heavy atom. The highest BCUT2D eigenvalue weighted by molar-refractivity contribution is 5.81. The quantitative estimate of drug-likeness (QED) is 0.612. The van der Waals surface area contributed by atoms with Crippen molar-refractivity contribution < 1.29 is 13.7 Å². The molecule has 2 atom stereocenters. The van der Waals surface area contributed by atoms with Crippen LogP contribution in [0.25, 0.3) is 11.4 Å². The third-order valence-electron chi connectivity index (χ3n) is 6.03. The second kappa shape index (κ2) is 10.0. The highest BCUT2D eigenvalue weighted by atomic mass is 19.1. The van der Waals surface area contributed by atoms with Crippen molar-refractivity contribution in [1.29, 1.82) is 0 Å². The van der Waals surface area contributed by atoms with Gasteiger partial charge in [0.25, 0.3) is 0 Å². The standard InChI is InChI=1S/C24H28FN5O2/c1-17(23(31)26-16-19-8-10-21(25)11-9-19)29-12-14-30(15-13-29)18(2)24-27-22(28-32-24)20-6-4-3-5-7-20/h3-11,17-18H,12-16H2,1-2H3,(H,26,31)/t17-,18-/m1/s1. The van der Waals surface area contributed by atoms with Gasteiger partial charge in [-0.3, -0.25) is 14.6 Å². The van der Waals surface area contributed by atoms with E-state index in [4.69, 9.17) is 4.52 Å². The predicted molar refractivity (Wildman–Crippen MR) is 119 cm³/mol. The van der Waals surface area contributed by atoms with E-state index in [9.17, 15) is 9.18 Å². The number of nitrogens with one attached hydrogen (secondary N) is 1. The average molecular weight is 438 g/mol. The molecule has 4 rings (SSSR count). The monoisotopic (exact) mass is 437 g/mol. The van der Waals surface area contributed by atoms with Gasteiger partial charge in [-0.15, -0.1) is 0 Å². The number of amides is 1. The lowest BCUT2D eigenvalue weighted by atomic mass is 10.1. The summed E-state index contributed by atoms with van der Waals surface area (Å²) in [5.41, 5.74) is 1.81. The van der Waals surface area contributed by atoms with E-state index in [2.05, 4.69) is 32.2 Å². The molecule has 0 saturated carbocycles. The summed E-state index contributed by atoms with van der Waals surface area (Å²) < 4.78 is 18.5. The summed E-state index contributed by atoms with van der Waals surface area (Å²) >= 11 is 0. The molecule has 0 bridgehead atoms. The van der Waals surface area contributed by atoms with E-state index in [1.165, 1.54) is 12.1 Å². The topological polar surface area (TPSA) is 74.5 Å². The zero-order valence-corrected chi connectivity index (χ0v) is 18.4. The van der Waals surface area contributed by atoms with Gasteiger partial charge in [0.2, 0.25) is 17.6 Å². The van der Waals surface area contributed by atoms with Gasteiger partial charge < -0.3 is 9.84 Å². The summed E-state index contributed by atoms with van der Waals surface area (Å²) in [4.78, 5) is 21.6. The van der Waals surface area contributed by atoms with Crippen LogP contribution in [0.1, 0.15) is 31.3 Å². The molecular formula is C24H28FN5O2. The minimum atomic E-state index is -0.280. The van der Waals surface area contributed by atoms with Crippen molar-refractivity contribution in [2.45, 2.75) is 32.5 Å². The van der Waals surface area contributed by atoms with Crippen molar-refractivity contribution >= 4 is 5.91 Å². The lowest BCUT2D eigenvalue weighted by Crippen LogP contribution is -2.54. The van der Waals surface area contributed by atoms with E-state index in [-0.39, 0.29) is 23.8 Å². The molecule has 1 fully saturated rings. The summed E-state index contributed by atoms with van der Waals surface area (Å²) in [6, 6.07) is 15.7. The Hall–Kier alpha value is -3.10. The van der Waals surface area contributed by atoms with Gasteiger partial charge in [-0.05, 0) is 31.5 Å². The van der Waals surface area contributed by atoms with Crippen LogP contribution in [0, 0.1) is 5.82 Å². The number of carbonyl (C=O) groups excluding carboxylic acids is 1. The Labute approximate surface area is 187 Å². The van der Waals surface area contributed by atoms with Crippen LogP contribution in [-0.4, -0.2) is 58.1 Å². The van der Waals surface area contributed by atoms with Crippen molar-refractivity contribution in [3.8, 4) is 11.4 Å². The number of piperazine rings is 1. The highest BCUT2D eigenvalue weighted by Gasteiger charge is 2.29. The van der Waals surface area contributed by atoms with Crippen LogP contribution in [0.3, 0.4) is 0 Å². The van der Waals surface area contributed by atoms with Gasteiger partial charge in [0, 0.05) is 38.3 Å². The molecule has 2 aromatic carbocycles. The number of carbonyl (C=O) groups is 1. The molecule has 2 heterocycles. The zero-order chi connectivity index (χ0) is 22.5. The lowest BCUT2D eigenvalue weighted by molar-refractivity contribution is -0.126. The number of halogens is 1. The predicted octanol–water partition coefficient (Wildman–Crippen LogP) is 3.26. The zero-order valence-electron chi connectivity index (χ0n) is 18.4. The molecule has 0 unspecified atom stereocenters. The Morgan fingerprint density at radius 1 is 1.03 bits per heavy atom. The smallest absolute Gasteiger partial charge is 0.244 e. The molecule has 0 spiro atoms. The summed E-state index contributed by atoms with van der Waals surface area (Å²) in [6.07, 6.45) is 0. The van der Waals surface area contributed by atoms with E-state index >= 15 is 0 Å². The van der Waals surface area contributed by atoms with Crippen LogP contribution >= 0.6 is 0 Å². The van der Waals surface area contributed by atoms with Gasteiger partial charge in [-0.1, -0.05) is 47.6 Å². The molecule has 168 valence electrons. The first-order chi connectivity index (χ1) is 15.5. The molecule has 7 nitrogen and oxygen atoms in total. The normalized spacial score (nSPS) is 17.1. The molecule has 8 heteroatoms. The van der Waals surface area contributed by atoms with Crippen LogP contribution in [0.4, 0.5) is 4.39 Å². The number of aromatic nitrogens is 2. The first kappa shape index (κ1) is 22.1. The number of hydrogen-bond acceptors (Lipinski definition) is 6. The largest absolute Gasteiger partial charge is 0.351 e. The van der Waals surface area contributed by atoms with Crippen LogP contribution < -0.4 is 5.32 Å². The number of nitrogens with zero attached hydrogens (tertiary/aromatic N) is 4. The van der Waals surface area contributed by atoms with Gasteiger partial charge in [-0.2, -0.15) is 4.98 Å². The third-order valence-corrected chi connectivity index (χ3v) is 6.03. The molecular weight excluding hydrogens is 409 g/mol. The average Bonchev–Trinajstić information content (AvgIpc) is 3.34. The first-order valence-corrected chi connectivity index (χ1v) is 10.9. The summed E-state index contributed by atoms with van der Waals surface area (Å²) in [7, 11) is 0. The molecule has 1 N–H and O–H groups in total. The van der Waals surface area contributed by atoms with Gasteiger partial charge in [-0.25, -0.2) is 4.39 Å². The van der Waals surface area contributed by atoms with Crippen molar-refractivity contribution in [3.63, 3.8) is 0 Å². The maximum atomic E-state index is 13.0. The van der Waals surface area contributed by atoms with Crippen molar-refractivity contribution in [3.05, 3.63) is 71.9 Å². The minimum absolute atomic E-state index is 0.00437. The van der Waals surface area contributed by atoms with Crippen LogP contribution in [-0.2, 0) is 11.3 Å². The fourth-order valence-corrected chi connectivity index (χ4v) is 3.88. The molecule has 1 aliphatic rings. The molecule has 1 aliphatic heterocycles. The molecule has 1 saturated heterocycles. The summed E-state index contributed by atoms with van der Waals surface area (Å²) in [6.45, 7) is 7.53. The fraction of sp³-hybridized carbons (Fsp3) is 0.375. The first-order valence-electron chi connectivity index (χ1n) is 10.9. The van der Waals surface area contributed by atoms with Crippen LogP contribution in [0.15, 0.2) is 59.1 Å². The van der Waals surface area contributed by atoms with E-state index < -0.39 is 0 Å². The highest BCUT2D eigenvalue weighted by Crippen LogP contribution is 2.23. The fourth-order valence-electron chi connectivity index (χ4n) is 3.88. The number of hydrogen-bond donors (Lipinski definition) is 1. The van der Waals surface area contributed by atoms with Crippen LogP contribution in [0.5, 0.6) is 0 Å². The van der Waals surface area contributed by atoms with Crippen molar-refractivity contribution in [1.82, 2.24) is 25.3 Å². The minimum Gasteiger partial charge on any atom is -0.351 e. The third kappa shape index (κ3) is 5.20. The van der Waals surface area contributed by atoms with E-state index in [0.29, 0.717) is 18.3 Å². The SMILES string of the molecule is C[C@H](C(=O)NCc1ccc(F)cc1)N1CCN([C@H](C)c2nc(-c3ccccc3)no2)CC1. The number of benzene rings is 2. The molecule has 32 heavy (non-hydrogen) atoms. The second-order valence-corrected chi connectivity index (χ2v) is 8.09. The Balaban J connectivity index is 1.27. The van der Waals surface area contributed by atoms with Crippen molar-refractivity contribution in [2.75, 3.05) is 26.2 Å². The van der Waals surface area contributed by atoms with Crippen LogP contribution in [0.2, 0.25) is 0 Å². The van der Waals surface area contributed by atoms with E-state index in [1.807, 2.05) is 37.3 Å². The second-order valence-electron chi connectivity index (χ2n) is 8.09. The summed E-state index contributed by atoms with van der Waals surface area (Å²) in [5, 5.41) is 7.07. The van der Waals surface area contributed by atoms with Gasteiger partial charge in [0.05, 0.1) is 12.1 Å². The number of rotatable bonds is 7. The molecule has 3 aromatic rings. The Kier molecular flexibility index (Phi) is 6.92. The molecule has 0 aliphatic carbocycles.